The van der Waals surface area contributed by atoms with Crippen molar-refractivity contribution < 1.29 is 14.2 Å². The first-order valence-corrected chi connectivity index (χ1v) is 16.8. The van der Waals surface area contributed by atoms with Crippen molar-refractivity contribution >= 4 is 0 Å². The van der Waals surface area contributed by atoms with E-state index < -0.39 is 0 Å². The number of rotatable bonds is 31. The summed E-state index contributed by atoms with van der Waals surface area (Å²) >= 11 is 0. The summed E-state index contributed by atoms with van der Waals surface area (Å²) in [5.74, 6) is 0. The molecule has 0 saturated heterocycles. The molecule has 0 aliphatic carbocycles. The highest BCUT2D eigenvalue weighted by Crippen LogP contribution is 2.10. The van der Waals surface area contributed by atoms with Crippen LogP contribution in [-0.2, 0) is 14.2 Å². The number of hydrogen-bond acceptors (Lipinski definition) is 5. The van der Waals surface area contributed by atoms with Crippen LogP contribution in [0.1, 0.15) is 150 Å². The van der Waals surface area contributed by atoms with Gasteiger partial charge in [0.05, 0.1) is 0 Å². The normalized spacial score (nSPS) is 13.6. The van der Waals surface area contributed by atoms with Gasteiger partial charge in [-0.25, -0.2) is 0 Å². The zero-order valence-electron chi connectivity index (χ0n) is 27.0. The Hall–Kier alpha value is -0.200. The molecule has 0 aromatic heterocycles. The Kier molecular flexibility index (Phi) is 29.6. The van der Waals surface area contributed by atoms with Gasteiger partial charge in [0.25, 0.3) is 0 Å². The minimum Gasteiger partial charge on any atom is -0.363 e. The maximum Gasteiger partial charge on any atom is 0.154 e. The molecule has 5 nitrogen and oxygen atoms in total. The van der Waals surface area contributed by atoms with E-state index in [4.69, 9.17) is 14.2 Å². The second-order valence-corrected chi connectivity index (χ2v) is 11.4. The molecule has 2 atom stereocenters. The first-order chi connectivity index (χ1) is 18.5. The van der Waals surface area contributed by atoms with Gasteiger partial charge in [-0.15, -0.1) is 0 Å². The highest BCUT2D eigenvalue weighted by atomic mass is 16.7. The molecule has 0 radical (unpaired) electrons. The summed E-state index contributed by atoms with van der Waals surface area (Å²) < 4.78 is 17.7. The fourth-order valence-corrected chi connectivity index (χ4v) is 4.73. The Labute approximate surface area is 239 Å². The summed E-state index contributed by atoms with van der Waals surface area (Å²) in [5.41, 5.74) is 0. The number of hydrogen-bond donors (Lipinski definition) is 0. The molecular weight excluding hydrogens is 472 g/mol. The zero-order chi connectivity index (χ0) is 28.1. The maximum atomic E-state index is 6.08. The largest absolute Gasteiger partial charge is 0.363 e. The standard InChI is InChI=1S/C33H70N2O3/c1-7-10-13-19-25-34(6)32(4)36-29-23-17-15-20-27-35(26-12-9-3)28-21-16-18-24-31-38-33(5)37-30-22-14-11-8-2/h32-33H,7-31H2,1-6H3. The van der Waals surface area contributed by atoms with Crippen molar-refractivity contribution in [2.45, 2.75) is 163 Å². The molecule has 230 valence electrons. The molecule has 2 unspecified atom stereocenters. The molecule has 5 heteroatoms. The predicted octanol–water partition coefficient (Wildman–Crippen LogP) is 9.04. The van der Waals surface area contributed by atoms with E-state index in [2.05, 4.69) is 44.5 Å². The van der Waals surface area contributed by atoms with E-state index in [1.807, 2.05) is 6.92 Å². The van der Waals surface area contributed by atoms with E-state index in [1.54, 1.807) is 0 Å². The lowest BCUT2D eigenvalue weighted by Crippen LogP contribution is -2.32. The van der Waals surface area contributed by atoms with Gasteiger partial charge in [-0.3, -0.25) is 4.90 Å². The summed E-state index contributed by atoms with van der Waals surface area (Å²) in [7, 11) is 2.20. The monoisotopic (exact) mass is 543 g/mol. The molecule has 0 rings (SSSR count). The Morgan fingerprint density at radius 1 is 0.447 bits per heavy atom. The van der Waals surface area contributed by atoms with Crippen LogP contribution in [-0.4, -0.2) is 75.4 Å². The van der Waals surface area contributed by atoms with Crippen LogP contribution < -0.4 is 0 Å². The lowest BCUT2D eigenvalue weighted by atomic mass is 10.1. The minimum absolute atomic E-state index is 0.0576. The Bertz CT molecular complexity index is 452. The molecule has 38 heavy (non-hydrogen) atoms. The number of nitrogens with zero attached hydrogens (tertiary/aromatic N) is 2. The maximum absolute atomic E-state index is 6.08. The van der Waals surface area contributed by atoms with Crippen molar-refractivity contribution in [3.63, 3.8) is 0 Å². The third kappa shape index (κ3) is 26.0. The molecule has 0 saturated carbocycles. The molecule has 0 amide bonds. The molecule has 0 aliphatic rings. The van der Waals surface area contributed by atoms with Gasteiger partial charge in [0.2, 0.25) is 0 Å². The van der Waals surface area contributed by atoms with Gasteiger partial charge < -0.3 is 19.1 Å². The topological polar surface area (TPSA) is 34.2 Å². The van der Waals surface area contributed by atoms with Gasteiger partial charge in [-0.05, 0) is 85.5 Å². The fourth-order valence-electron chi connectivity index (χ4n) is 4.73. The van der Waals surface area contributed by atoms with Crippen LogP contribution in [0.4, 0.5) is 0 Å². The summed E-state index contributed by atoms with van der Waals surface area (Å²) in [6.45, 7) is 18.5. The van der Waals surface area contributed by atoms with Crippen LogP contribution in [0.5, 0.6) is 0 Å². The SMILES string of the molecule is CCCCCCOC(C)OCCCCCCN(CCCC)CCCCCCOC(C)N(C)CCCCCC. The zero-order valence-corrected chi connectivity index (χ0v) is 27.0. The minimum atomic E-state index is -0.0576. The number of unbranched alkanes of at least 4 members (excludes halogenated alkanes) is 13. The van der Waals surface area contributed by atoms with Gasteiger partial charge in [0.1, 0.15) is 6.23 Å². The third-order valence-electron chi connectivity index (χ3n) is 7.61. The van der Waals surface area contributed by atoms with Crippen LogP contribution in [0.15, 0.2) is 0 Å². The first kappa shape index (κ1) is 37.8. The second kappa shape index (κ2) is 29.8. The van der Waals surface area contributed by atoms with Gasteiger partial charge in [-0.1, -0.05) is 91.4 Å². The lowest BCUT2D eigenvalue weighted by molar-refractivity contribution is -0.131. The highest BCUT2D eigenvalue weighted by Gasteiger charge is 2.09. The quantitative estimate of drug-likeness (QED) is 0.0645. The van der Waals surface area contributed by atoms with Crippen molar-refractivity contribution in [1.82, 2.24) is 9.80 Å². The second-order valence-electron chi connectivity index (χ2n) is 11.4. The van der Waals surface area contributed by atoms with E-state index in [0.717, 1.165) is 39.2 Å². The molecule has 0 spiro atoms. The average Bonchev–Trinajstić information content (AvgIpc) is 2.92. The summed E-state index contributed by atoms with van der Waals surface area (Å²) in [6.07, 6.45) is 23.2. The average molecular weight is 543 g/mol. The van der Waals surface area contributed by atoms with Crippen molar-refractivity contribution in [1.29, 1.82) is 0 Å². The summed E-state index contributed by atoms with van der Waals surface area (Å²) in [4.78, 5) is 5.07. The van der Waals surface area contributed by atoms with Crippen molar-refractivity contribution in [3.05, 3.63) is 0 Å². The first-order valence-electron chi connectivity index (χ1n) is 16.8. The van der Waals surface area contributed by atoms with E-state index in [-0.39, 0.29) is 12.5 Å². The van der Waals surface area contributed by atoms with Crippen LogP contribution in [0, 0.1) is 0 Å². The van der Waals surface area contributed by atoms with Gasteiger partial charge >= 0.3 is 0 Å². The van der Waals surface area contributed by atoms with Crippen LogP contribution in [0.3, 0.4) is 0 Å². The van der Waals surface area contributed by atoms with Crippen LogP contribution in [0.25, 0.3) is 0 Å². The molecule has 0 aromatic rings. The summed E-state index contributed by atoms with van der Waals surface area (Å²) in [5, 5.41) is 0. The van der Waals surface area contributed by atoms with E-state index in [1.165, 1.54) is 122 Å². The van der Waals surface area contributed by atoms with Crippen LogP contribution >= 0.6 is 0 Å². The third-order valence-corrected chi connectivity index (χ3v) is 7.61. The molecule has 0 aliphatic heterocycles. The van der Waals surface area contributed by atoms with Gasteiger partial charge in [-0.2, -0.15) is 0 Å². The van der Waals surface area contributed by atoms with Crippen LogP contribution in [0.2, 0.25) is 0 Å². The van der Waals surface area contributed by atoms with Crippen molar-refractivity contribution in [2.24, 2.45) is 0 Å². The Morgan fingerprint density at radius 3 is 1.37 bits per heavy atom. The molecule has 0 N–H and O–H groups in total. The molecular formula is C33H70N2O3. The van der Waals surface area contributed by atoms with E-state index in [9.17, 15) is 0 Å². The molecule has 0 heterocycles. The molecule has 0 fully saturated rings. The molecule has 0 aromatic carbocycles. The fraction of sp³-hybridized carbons (Fsp3) is 1.00. The van der Waals surface area contributed by atoms with Gasteiger partial charge in [0.15, 0.2) is 6.29 Å². The molecule has 0 bridgehead atoms. The smallest absolute Gasteiger partial charge is 0.154 e. The Balaban J connectivity index is 3.73. The highest BCUT2D eigenvalue weighted by molar-refractivity contribution is 4.60. The van der Waals surface area contributed by atoms with E-state index in [0.29, 0.717) is 0 Å². The summed E-state index contributed by atoms with van der Waals surface area (Å²) in [6, 6.07) is 0. The van der Waals surface area contributed by atoms with Gasteiger partial charge in [0, 0.05) is 26.4 Å². The predicted molar refractivity (Wildman–Crippen MR) is 166 cm³/mol. The lowest BCUT2D eigenvalue weighted by Gasteiger charge is -2.25. The van der Waals surface area contributed by atoms with Crippen molar-refractivity contribution in [3.8, 4) is 0 Å². The van der Waals surface area contributed by atoms with Crippen molar-refractivity contribution in [2.75, 3.05) is 53.0 Å². The Morgan fingerprint density at radius 2 is 0.842 bits per heavy atom. The van der Waals surface area contributed by atoms with E-state index >= 15 is 0 Å². The number of ether oxygens (including phenoxy) is 3.